The van der Waals surface area contributed by atoms with E-state index in [4.69, 9.17) is 4.55 Å². The molecular formula is C14H10O3S. The number of hydrogen-bond acceptors (Lipinski definition) is 2. The van der Waals surface area contributed by atoms with Gasteiger partial charge in [0.25, 0.3) is 10.1 Å². The smallest absolute Gasteiger partial charge is 0.282 e. The molecule has 2 aromatic carbocycles. The van der Waals surface area contributed by atoms with Crippen molar-refractivity contribution >= 4 is 10.1 Å². The van der Waals surface area contributed by atoms with Crippen molar-refractivity contribution in [1.82, 2.24) is 0 Å². The lowest BCUT2D eigenvalue weighted by atomic mass is 10.2. The van der Waals surface area contributed by atoms with Gasteiger partial charge in [0.2, 0.25) is 0 Å². The van der Waals surface area contributed by atoms with Crippen LogP contribution in [0.3, 0.4) is 0 Å². The second-order valence-corrected chi connectivity index (χ2v) is 4.98. The third-order valence-electron chi connectivity index (χ3n) is 2.28. The molecule has 4 heteroatoms. The van der Waals surface area contributed by atoms with Crippen molar-refractivity contribution in [1.29, 1.82) is 0 Å². The van der Waals surface area contributed by atoms with Crippen LogP contribution in [0.25, 0.3) is 0 Å². The second-order valence-electron chi connectivity index (χ2n) is 3.59. The Morgan fingerprint density at radius 1 is 0.833 bits per heavy atom. The molecule has 0 radical (unpaired) electrons. The van der Waals surface area contributed by atoms with E-state index in [9.17, 15) is 8.42 Å². The fourth-order valence-corrected chi connectivity index (χ4v) is 2.10. The molecule has 90 valence electrons. The fourth-order valence-electron chi connectivity index (χ4n) is 1.46. The molecular weight excluding hydrogens is 248 g/mol. The topological polar surface area (TPSA) is 54.4 Å². The Balaban J connectivity index is 2.46. The predicted octanol–water partition coefficient (Wildman–Crippen LogP) is 2.33. The molecule has 3 nitrogen and oxygen atoms in total. The van der Waals surface area contributed by atoms with Gasteiger partial charge in [-0.3, -0.25) is 4.55 Å². The Bertz CT molecular complexity index is 707. The van der Waals surface area contributed by atoms with Crippen LogP contribution in [0.2, 0.25) is 0 Å². The van der Waals surface area contributed by atoms with E-state index in [0.717, 1.165) is 5.56 Å². The molecule has 1 N–H and O–H groups in total. The second kappa shape index (κ2) is 5.05. The quantitative estimate of drug-likeness (QED) is 0.631. The monoisotopic (exact) mass is 258 g/mol. The van der Waals surface area contributed by atoms with Gasteiger partial charge in [-0.2, -0.15) is 8.42 Å². The van der Waals surface area contributed by atoms with Gasteiger partial charge >= 0.3 is 0 Å². The first kappa shape index (κ1) is 12.4. The van der Waals surface area contributed by atoms with E-state index in [2.05, 4.69) is 11.8 Å². The minimum Gasteiger partial charge on any atom is -0.282 e. The molecule has 0 amide bonds. The Morgan fingerprint density at radius 2 is 1.44 bits per heavy atom. The van der Waals surface area contributed by atoms with Gasteiger partial charge in [0.1, 0.15) is 4.90 Å². The number of hydrogen-bond donors (Lipinski definition) is 1. The summed E-state index contributed by atoms with van der Waals surface area (Å²) in [5.74, 6) is 5.59. The molecule has 0 aliphatic heterocycles. The van der Waals surface area contributed by atoms with Crippen molar-refractivity contribution in [2.24, 2.45) is 0 Å². The first-order valence-electron chi connectivity index (χ1n) is 5.21. The van der Waals surface area contributed by atoms with Gasteiger partial charge in [-0.25, -0.2) is 0 Å². The number of rotatable bonds is 1. The minimum atomic E-state index is -4.24. The van der Waals surface area contributed by atoms with Crippen LogP contribution >= 0.6 is 0 Å². The highest BCUT2D eigenvalue weighted by Gasteiger charge is 2.12. The van der Waals surface area contributed by atoms with Gasteiger partial charge in [-0.15, -0.1) is 0 Å². The first-order chi connectivity index (χ1) is 8.57. The van der Waals surface area contributed by atoms with Crippen LogP contribution in [0, 0.1) is 11.8 Å². The molecule has 0 atom stereocenters. The minimum absolute atomic E-state index is 0.173. The summed E-state index contributed by atoms with van der Waals surface area (Å²) in [6.45, 7) is 0. The van der Waals surface area contributed by atoms with Crippen molar-refractivity contribution in [2.45, 2.75) is 4.90 Å². The normalized spacial score (nSPS) is 10.5. The summed E-state index contributed by atoms with van der Waals surface area (Å²) in [5.41, 5.74) is 1.06. The SMILES string of the molecule is O=S(=O)(O)c1ccccc1C#Cc1ccccc1. The van der Waals surface area contributed by atoms with E-state index in [-0.39, 0.29) is 10.5 Å². The average Bonchev–Trinajstić information content (AvgIpc) is 2.37. The zero-order valence-electron chi connectivity index (χ0n) is 9.37. The highest BCUT2D eigenvalue weighted by atomic mass is 32.2. The van der Waals surface area contributed by atoms with E-state index in [1.807, 2.05) is 30.3 Å². The highest BCUT2D eigenvalue weighted by Crippen LogP contribution is 2.13. The summed E-state index contributed by atoms with van der Waals surface area (Å²) in [4.78, 5) is -0.173. The van der Waals surface area contributed by atoms with Crippen LogP contribution < -0.4 is 0 Å². The lowest BCUT2D eigenvalue weighted by molar-refractivity contribution is 0.483. The molecule has 0 heterocycles. The van der Waals surface area contributed by atoms with Gasteiger partial charge in [-0.1, -0.05) is 42.2 Å². The van der Waals surface area contributed by atoms with Crippen LogP contribution in [0.4, 0.5) is 0 Å². The summed E-state index contributed by atoms with van der Waals surface area (Å²) >= 11 is 0. The van der Waals surface area contributed by atoms with Crippen molar-refractivity contribution in [3.8, 4) is 11.8 Å². The van der Waals surface area contributed by atoms with E-state index in [1.165, 1.54) is 12.1 Å². The average molecular weight is 258 g/mol. The zero-order valence-corrected chi connectivity index (χ0v) is 10.2. The molecule has 0 spiro atoms. The van der Waals surface area contributed by atoms with Crippen LogP contribution in [-0.2, 0) is 10.1 Å². The van der Waals surface area contributed by atoms with Gasteiger partial charge in [0.15, 0.2) is 0 Å². The van der Waals surface area contributed by atoms with Gasteiger partial charge in [0, 0.05) is 11.1 Å². The Hall–Kier alpha value is -2.09. The maximum Gasteiger partial charge on any atom is 0.295 e. The van der Waals surface area contributed by atoms with Gasteiger partial charge in [0.05, 0.1) is 0 Å². The lowest BCUT2D eigenvalue weighted by Gasteiger charge is -1.99. The van der Waals surface area contributed by atoms with Gasteiger partial charge in [-0.05, 0) is 24.3 Å². The Morgan fingerprint density at radius 3 is 2.11 bits per heavy atom. The largest absolute Gasteiger partial charge is 0.295 e. The molecule has 0 bridgehead atoms. The third kappa shape index (κ3) is 2.98. The van der Waals surface area contributed by atoms with Crippen LogP contribution in [0.5, 0.6) is 0 Å². The first-order valence-corrected chi connectivity index (χ1v) is 6.65. The summed E-state index contributed by atoms with van der Waals surface area (Å²) in [6.07, 6.45) is 0. The molecule has 0 unspecified atom stereocenters. The van der Waals surface area contributed by atoms with Crippen molar-refractivity contribution in [3.63, 3.8) is 0 Å². The highest BCUT2D eigenvalue weighted by molar-refractivity contribution is 7.85. The summed E-state index contributed by atoms with van der Waals surface area (Å²) < 4.78 is 31.4. The fraction of sp³-hybridized carbons (Fsp3) is 0. The molecule has 0 aliphatic rings. The van der Waals surface area contributed by atoms with Crippen molar-refractivity contribution in [2.75, 3.05) is 0 Å². The molecule has 2 rings (SSSR count). The summed E-state index contributed by atoms with van der Waals surface area (Å²) in [6, 6.07) is 15.3. The van der Waals surface area contributed by atoms with E-state index in [1.54, 1.807) is 12.1 Å². The van der Waals surface area contributed by atoms with E-state index < -0.39 is 10.1 Å². The lowest BCUT2D eigenvalue weighted by Crippen LogP contribution is -2.00. The standard InChI is InChI=1S/C14H10O3S/c15-18(16,17)14-9-5-4-8-13(14)11-10-12-6-2-1-3-7-12/h1-9H,(H,15,16,17). The molecule has 0 saturated heterocycles. The van der Waals surface area contributed by atoms with E-state index >= 15 is 0 Å². The Kier molecular flexibility index (Phi) is 3.47. The molecule has 0 saturated carbocycles. The molecule has 0 aliphatic carbocycles. The molecule has 18 heavy (non-hydrogen) atoms. The Labute approximate surface area is 106 Å². The van der Waals surface area contributed by atoms with E-state index in [0.29, 0.717) is 0 Å². The molecule has 0 fully saturated rings. The summed E-state index contributed by atoms with van der Waals surface area (Å²) in [5, 5.41) is 0. The third-order valence-corrected chi connectivity index (χ3v) is 3.19. The van der Waals surface area contributed by atoms with Crippen LogP contribution in [0.15, 0.2) is 59.5 Å². The van der Waals surface area contributed by atoms with Crippen molar-refractivity contribution in [3.05, 3.63) is 65.7 Å². The van der Waals surface area contributed by atoms with Crippen LogP contribution in [-0.4, -0.2) is 13.0 Å². The van der Waals surface area contributed by atoms with Gasteiger partial charge < -0.3 is 0 Å². The predicted molar refractivity (Wildman–Crippen MR) is 68.7 cm³/mol. The number of benzene rings is 2. The van der Waals surface area contributed by atoms with Crippen molar-refractivity contribution < 1.29 is 13.0 Å². The molecule has 0 aromatic heterocycles. The zero-order chi connectivity index (χ0) is 13.0. The maximum absolute atomic E-state index is 11.2. The van der Waals surface area contributed by atoms with Crippen LogP contribution in [0.1, 0.15) is 11.1 Å². The summed E-state index contributed by atoms with van der Waals surface area (Å²) in [7, 11) is -4.24. The molecule has 2 aromatic rings. The maximum atomic E-state index is 11.2.